The molecule has 1 N–H and O–H groups in total. The molecule has 0 atom stereocenters. The standard InChI is InChI=1S/C17H23NO3/c1-2-6-17(7-3-1)16-21-15-14-19-11-5-4-8-18-9-12-20-13-10-18/h1-3,6-7H,8-16H2/p+1. The lowest BCUT2D eigenvalue weighted by molar-refractivity contribution is -0.900. The predicted molar refractivity (Wildman–Crippen MR) is 81.1 cm³/mol. The summed E-state index contributed by atoms with van der Waals surface area (Å²) in [7, 11) is 0. The van der Waals surface area contributed by atoms with E-state index >= 15 is 0 Å². The van der Waals surface area contributed by atoms with Gasteiger partial charge in [0.2, 0.25) is 0 Å². The Hall–Kier alpha value is -1.38. The van der Waals surface area contributed by atoms with Gasteiger partial charge >= 0.3 is 0 Å². The maximum Gasteiger partial charge on any atom is 0.139 e. The first kappa shape index (κ1) is 16.0. The molecule has 0 bridgehead atoms. The van der Waals surface area contributed by atoms with Crippen molar-refractivity contribution < 1.29 is 19.1 Å². The average molecular weight is 290 g/mol. The average Bonchev–Trinajstić information content (AvgIpc) is 2.55. The van der Waals surface area contributed by atoms with Gasteiger partial charge in [0.1, 0.15) is 26.2 Å². The maximum atomic E-state index is 5.53. The molecule has 0 spiro atoms. The SMILES string of the molecule is C(#CC[NH+]1CCOCC1)COCCOCc1ccccc1. The minimum atomic E-state index is 0.485. The van der Waals surface area contributed by atoms with E-state index in [-0.39, 0.29) is 0 Å². The summed E-state index contributed by atoms with van der Waals surface area (Å²) >= 11 is 0. The van der Waals surface area contributed by atoms with Gasteiger partial charge in [0.25, 0.3) is 0 Å². The molecule has 1 aliphatic heterocycles. The lowest BCUT2D eigenvalue weighted by Crippen LogP contribution is -3.14. The van der Waals surface area contributed by atoms with Crippen molar-refractivity contribution in [2.75, 3.05) is 52.7 Å². The molecule has 4 heteroatoms. The fourth-order valence-corrected chi connectivity index (χ4v) is 2.08. The summed E-state index contributed by atoms with van der Waals surface area (Å²) in [6, 6.07) is 10.1. The predicted octanol–water partition coefficient (Wildman–Crippen LogP) is 0.138. The molecule has 1 saturated heterocycles. The first-order valence-corrected chi connectivity index (χ1v) is 7.51. The van der Waals surface area contributed by atoms with Crippen molar-refractivity contribution in [3.05, 3.63) is 35.9 Å². The quantitative estimate of drug-likeness (QED) is 0.573. The summed E-state index contributed by atoms with van der Waals surface area (Å²) < 4.78 is 16.3. The molecule has 1 aliphatic rings. The fourth-order valence-electron chi connectivity index (χ4n) is 2.08. The first-order valence-electron chi connectivity index (χ1n) is 7.51. The molecule has 0 radical (unpaired) electrons. The summed E-state index contributed by atoms with van der Waals surface area (Å²) in [6.07, 6.45) is 0. The molecule has 1 heterocycles. The smallest absolute Gasteiger partial charge is 0.139 e. The summed E-state index contributed by atoms with van der Waals surface area (Å²) in [6.45, 7) is 7.02. The van der Waals surface area contributed by atoms with E-state index in [0.29, 0.717) is 26.4 Å². The van der Waals surface area contributed by atoms with E-state index in [1.54, 1.807) is 0 Å². The molecule has 0 unspecified atom stereocenters. The van der Waals surface area contributed by atoms with Gasteiger partial charge in [-0.1, -0.05) is 36.3 Å². The van der Waals surface area contributed by atoms with Gasteiger partial charge in [-0.2, -0.15) is 0 Å². The van der Waals surface area contributed by atoms with E-state index in [9.17, 15) is 0 Å². The summed E-state index contributed by atoms with van der Waals surface area (Å²) in [4.78, 5) is 1.50. The molecule has 114 valence electrons. The number of hydrogen-bond acceptors (Lipinski definition) is 3. The number of benzene rings is 1. The van der Waals surface area contributed by atoms with Crippen molar-refractivity contribution in [3.63, 3.8) is 0 Å². The van der Waals surface area contributed by atoms with E-state index in [4.69, 9.17) is 14.2 Å². The number of ether oxygens (including phenoxy) is 3. The van der Waals surface area contributed by atoms with Crippen LogP contribution < -0.4 is 4.90 Å². The van der Waals surface area contributed by atoms with E-state index in [1.165, 1.54) is 10.5 Å². The van der Waals surface area contributed by atoms with Gasteiger partial charge in [0, 0.05) is 0 Å². The third kappa shape index (κ3) is 7.26. The van der Waals surface area contributed by atoms with Crippen LogP contribution in [0.1, 0.15) is 5.56 Å². The molecule has 0 aliphatic carbocycles. The van der Waals surface area contributed by atoms with Gasteiger partial charge < -0.3 is 19.1 Å². The van der Waals surface area contributed by atoms with Crippen LogP contribution in [0.2, 0.25) is 0 Å². The van der Waals surface area contributed by atoms with Gasteiger partial charge in [-0.15, -0.1) is 0 Å². The first-order chi connectivity index (χ1) is 10.4. The molecule has 1 aromatic rings. The van der Waals surface area contributed by atoms with Crippen molar-refractivity contribution in [2.24, 2.45) is 0 Å². The van der Waals surface area contributed by atoms with Crippen LogP contribution in [0.15, 0.2) is 30.3 Å². The van der Waals surface area contributed by atoms with Crippen LogP contribution >= 0.6 is 0 Å². The van der Waals surface area contributed by atoms with Crippen LogP contribution in [0, 0.1) is 11.8 Å². The van der Waals surface area contributed by atoms with Gasteiger partial charge in [0.05, 0.1) is 33.0 Å². The third-order valence-electron chi connectivity index (χ3n) is 3.32. The van der Waals surface area contributed by atoms with Crippen molar-refractivity contribution in [1.29, 1.82) is 0 Å². The van der Waals surface area contributed by atoms with Crippen molar-refractivity contribution in [3.8, 4) is 11.8 Å². The highest BCUT2D eigenvalue weighted by Crippen LogP contribution is 1.99. The zero-order chi connectivity index (χ0) is 14.6. The topological polar surface area (TPSA) is 32.1 Å². The van der Waals surface area contributed by atoms with Crippen LogP contribution in [0.5, 0.6) is 0 Å². The largest absolute Gasteiger partial charge is 0.374 e. The lowest BCUT2D eigenvalue weighted by Gasteiger charge is -2.21. The third-order valence-corrected chi connectivity index (χ3v) is 3.32. The van der Waals surface area contributed by atoms with Crippen LogP contribution in [0.4, 0.5) is 0 Å². The van der Waals surface area contributed by atoms with Crippen LogP contribution in [-0.4, -0.2) is 52.7 Å². The second kappa shape index (κ2) is 10.4. The van der Waals surface area contributed by atoms with Crippen LogP contribution in [0.25, 0.3) is 0 Å². The number of quaternary nitrogens is 1. The molecular weight excluding hydrogens is 266 g/mol. The second-order valence-electron chi connectivity index (χ2n) is 4.98. The summed E-state index contributed by atoms with van der Waals surface area (Å²) in [5.41, 5.74) is 1.19. The molecule has 21 heavy (non-hydrogen) atoms. The highest BCUT2D eigenvalue weighted by Gasteiger charge is 2.11. The minimum absolute atomic E-state index is 0.485. The Morgan fingerprint density at radius 1 is 1.00 bits per heavy atom. The highest BCUT2D eigenvalue weighted by atomic mass is 16.5. The molecule has 1 aromatic carbocycles. The number of hydrogen-bond donors (Lipinski definition) is 1. The number of rotatable bonds is 7. The van der Waals surface area contributed by atoms with Crippen molar-refractivity contribution >= 4 is 0 Å². The Labute approximate surface area is 127 Å². The van der Waals surface area contributed by atoms with Gasteiger partial charge in [-0.3, -0.25) is 0 Å². The molecule has 2 rings (SSSR count). The van der Waals surface area contributed by atoms with E-state index in [1.807, 2.05) is 18.2 Å². The molecule has 0 amide bonds. The summed E-state index contributed by atoms with van der Waals surface area (Å²) in [5.74, 6) is 6.22. The van der Waals surface area contributed by atoms with E-state index < -0.39 is 0 Å². The van der Waals surface area contributed by atoms with Gasteiger partial charge in [0.15, 0.2) is 0 Å². The Kier molecular flexibility index (Phi) is 7.89. The Bertz CT molecular complexity index is 432. The van der Waals surface area contributed by atoms with Crippen LogP contribution in [0.3, 0.4) is 0 Å². The lowest BCUT2D eigenvalue weighted by atomic mass is 10.2. The minimum Gasteiger partial charge on any atom is -0.374 e. The number of morpholine rings is 1. The molecular formula is C17H24NO3+. The fraction of sp³-hybridized carbons (Fsp3) is 0.529. The number of nitrogens with one attached hydrogen (secondary N) is 1. The van der Waals surface area contributed by atoms with Crippen molar-refractivity contribution in [1.82, 2.24) is 0 Å². The molecule has 4 nitrogen and oxygen atoms in total. The molecule has 0 saturated carbocycles. The van der Waals surface area contributed by atoms with E-state index in [0.717, 1.165) is 32.8 Å². The highest BCUT2D eigenvalue weighted by molar-refractivity contribution is 5.13. The van der Waals surface area contributed by atoms with Gasteiger partial charge in [-0.05, 0) is 11.5 Å². The molecule has 0 aromatic heterocycles. The Morgan fingerprint density at radius 2 is 1.76 bits per heavy atom. The zero-order valence-corrected chi connectivity index (χ0v) is 12.5. The molecule has 1 fully saturated rings. The zero-order valence-electron chi connectivity index (χ0n) is 12.5. The van der Waals surface area contributed by atoms with Crippen LogP contribution in [-0.2, 0) is 20.8 Å². The monoisotopic (exact) mass is 290 g/mol. The van der Waals surface area contributed by atoms with Crippen molar-refractivity contribution in [2.45, 2.75) is 6.61 Å². The van der Waals surface area contributed by atoms with Gasteiger partial charge in [-0.25, -0.2) is 0 Å². The summed E-state index contributed by atoms with van der Waals surface area (Å²) in [5, 5.41) is 0. The normalized spacial score (nSPS) is 15.4. The Morgan fingerprint density at radius 3 is 2.57 bits per heavy atom. The van der Waals surface area contributed by atoms with E-state index in [2.05, 4.69) is 24.0 Å². The maximum absolute atomic E-state index is 5.53. The Balaban J connectivity index is 1.43. The second-order valence-corrected chi connectivity index (χ2v) is 4.98.